The summed E-state index contributed by atoms with van der Waals surface area (Å²) in [4.78, 5) is 17.1. The summed E-state index contributed by atoms with van der Waals surface area (Å²) in [6, 6.07) is 12.4. The van der Waals surface area contributed by atoms with Crippen molar-refractivity contribution in [2.45, 2.75) is 12.6 Å². The van der Waals surface area contributed by atoms with E-state index in [2.05, 4.69) is 4.90 Å². The number of carboxylic acid groups (broad SMARTS) is 1. The summed E-state index contributed by atoms with van der Waals surface area (Å²) < 4.78 is 44.1. The van der Waals surface area contributed by atoms with Crippen LogP contribution in [-0.2, 0) is 6.18 Å². The lowest BCUT2D eigenvalue weighted by Crippen LogP contribution is -2.47. The standard InChI is InChI=1S/C22H26F3N3O3/c1-31-20-9-3-2-8-19(20)28(21(29)30)11-5-10-26-12-14-27(15-13-26)18-7-4-6-17(16-18)22(23,24)25/h2-4,6-9,16H,5,10-15H2,1H3,(H,29,30). The number of piperazine rings is 1. The molecule has 1 aliphatic rings. The number of methoxy groups -OCH3 is 1. The number of carbonyl (C=O) groups is 1. The van der Waals surface area contributed by atoms with E-state index in [0.29, 0.717) is 62.8 Å². The lowest BCUT2D eigenvalue weighted by atomic mass is 10.1. The second kappa shape index (κ2) is 9.91. The number of ether oxygens (including phenoxy) is 1. The minimum absolute atomic E-state index is 0.323. The van der Waals surface area contributed by atoms with Gasteiger partial charge >= 0.3 is 12.3 Å². The van der Waals surface area contributed by atoms with Gasteiger partial charge in [-0.2, -0.15) is 13.2 Å². The zero-order valence-corrected chi connectivity index (χ0v) is 17.3. The van der Waals surface area contributed by atoms with Crippen LogP contribution in [0.4, 0.5) is 29.3 Å². The summed E-state index contributed by atoms with van der Waals surface area (Å²) in [6.07, 6.45) is -4.76. The molecule has 31 heavy (non-hydrogen) atoms. The van der Waals surface area contributed by atoms with Crippen molar-refractivity contribution in [1.29, 1.82) is 0 Å². The average molecular weight is 437 g/mol. The molecule has 0 spiro atoms. The Morgan fingerprint density at radius 1 is 1.10 bits per heavy atom. The van der Waals surface area contributed by atoms with Crippen LogP contribution in [0.5, 0.6) is 5.75 Å². The first-order valence-electron chi connectivity index (χ1n) is 10.1. The first-order chi connectivity index (χ1) is 14.8. The topological polar surface area (TPSA) is 56.2 Å². The molecule has 2 aromatic rings. The minimum Gasteiger partial charge on any atom is -0.495 e. The molecular weight excluding hydrogens is 411 g/mol. The number of anilines is 2. The van der Waals surface area contributed by atoms with Gasteiger partial charge in [0.25, 0.3) is 0 Å². The third-order valence-electron chi connectivity index (χ3n) is 5.37. The van der Waals surface area contributed by atoms with Crippen molar-refractivity contribution in [3.8, 4) is 5.75 Å². The zero-order valence-electron chi connectivity index (χ0n) is 17.3. The molecule has 0 saturated carbocycles. The van der Waals surface area contributed by atoms with Crippen LogP contribution in [0.25, 0.3) is 0 Å². The molecule has 168 valence electrons. The van der Waals surface area contributed by atoms with Crippen LogP contribution in [0.3, 0.4) is 0 Å². The Balaban J connectivity index is 1.52. The number of alkyl halides is 3. The van der Waals surface area contributed by atoms with Gasteiger partial charge in [-0.25, -0.2) is 4.79 Å². The van der Waals surface area contributed by atoms with Crippen LogP contribution in [0, 0.1) is 0 Å². The van der Waals surface area contributed by atoms with Crippen LogP contribution in [-0.4, -0.2) is 62.5 Å². The maximum atomic E-state index is 12.9. The largest absolute Gasteiger partial charge is 0.495 e. The highest BCUT2D eigenvalue weighted by atomic mass is 19.4. The predicted molar refractivity (Wildman–Crippen MR) is 113 cm³/mol. The van der Waals surface area contributed by atoms with Crippen molar-refractivity contribution in [3.05, 3.63) is 54.1 Å². The Morgan fingerprint density at radius 3 is 2.45 bits per heavy atom. The maximum Gasteiger partial charge on any atom is 0.416 e. The smallest absolute Gasteiger partial charge is 0.416 e. The third-order valence-corrected chi connectivity index (χ3v) is 5.37. The van der Waals surface area contributed by atoms with E-state index in [4.69, 9.17) is 4.74 Å². The normalized spacial score (nSPS) is 15.0. The lowest BCUT2D eigenvalue weighted by Gasteiger charge is -2.36. The average Bonchev–Trinajstić information content (AvgIpc) is 2.76. The minimum atomic E-state index is -4.35. The number of rotatable bonds is 7. The van der Waals surface area contributed by atoms with Gasteiger partial charge in [-0.3, -0.25) is 9.80 Å². The van der Waals surface area contributed by atoms with Gasteiger partial charge in [0, 0.05) is 38.4 Å². The van der Waals surface area contributed by atoms with E-state index >= 15 is 0 Å². The fourth-order valence-electron chi connectivity index (χ4n) is 3.73. The number of benzene rings is 2. The summed E-state index contributed by atoms with van der Waals surface area (Å²) in [6.45, 7) is 3.68. The van der Waals surface area contributed by atoms with Gasteiger partial charge < -0.3 is 14.7 Å². The van der Waals surface area contributed by atoms with Gasteiger partial charge in [-0.1, -0.05) is 18.2 Å². The van der Waals surface area contributed by atoms with Crippen molar-refractivity contribution in [1.82, 2.24) is 4.90 Å². The molecule has 1 heterocycles. The lowest BCUT2D eigenvalue weighted by molar-refractivity contribution is -0.137. The number of halogens is 3. The molecule has 6 nitrogen and oxygen atoms in total. The van der Waals surface area contributed by atoms with Gasteiger partial charge in [0.1, 0.15) is 5.75 Å². The maximum absolute atomic E-state index is 12.9. The summed E-state index contributed by atoms with van der Waals surface area (Å²) >= 11 is 0. The second-order valence-electron chi connectivity index (χ2n) is 7.34. The molecule has 9 heteroatoms. The van der Waals surface area contributed by atoms with E-state index in [9.17, 15) is 23.1 Å². The molecule has 0 aliphatic carbocycles. The van der Waals surface area contributed by atoms with E-state index in [1.807, 2.05) is 4.90 Å². The highest BCUT2D eigenvalue weighted by Crippen LogP contribution is 2.32. The van der Waals surface area contributed by atoms with Crippen LogP contribution in [0.15, 0.2) is 48.5 Å². The van der Waals surface area contributed by atoms with E-state index in [0.717, 1.165) is 6.07 Å². The van der Waals surface area contributed by atoms with Crippen molar-refractivity contribution >= 4 is 17.5 Å². The summed E-state index contributed by atoms with van der Waals surface area (Å²) in [7, 11) is 1.50. The number of hydrogen-bond donors (Lipinski definition) is 1. The molecule has 1 fully saturated rings. The zero-order chi connectivity index (χ0) is 22.4. The number of amides is 1. The fraction of sp³-hybridized carbons (Fsp3) is 0.409. The molecule has 0 unspecified atom stereocenters. The summed E-state index contributed by atoms with van der Waals surface area (Å²) in [5, 5.41) is 9.59. The quantitative estimate of drug-likeness (QED) is 0.696. The van der Waals surface area contributed by atoms with Crippen LogP contribution < -0.4 is 14.5 Å². The first-order valence-corrected chi connectivity index (χ1v) is 10.1. The van der Waals surface area contributed by atoms with Gasteiger partial charge in [0.2, 0.25) is 0 Å². The van der Waals surface area contributed by atoms with Crippen LogP contribution in [0.2, 0.25) is 0 Å². The fourth-order valence-corrected chi connectivity index (χ4v) is 3.73. The van der Waals surface area contributed by atoms with Crippen molar-refractivity contribution in [2.75, 3.05) is 56.2 Å². The molecule has 3 rings (SSSR count). The molecule has 0 aromatic heterocycles. The SMILES string of the molecule is COc1ccccc1N(CCCN1CCN(c2cccc(C(F)(F)F)c2)CC1)C(=O)O. The molecule has 0 atom stereocenters. The van der Waals surface area contributed by atoms with Crippen molar-refractivity contribution < 1.29 is 27.8 Å². The Kier molecular flexibility index (Phi) is 7.27. The Hall–Kier alpha value is -2.94. The monoisotopic (exact) mass is 437 g/mol. The Bertz CT molecular complexity index is 884. The van der Waals surface area contributed by atoms with Gasteiger partial charge in [0.05, 0.1) is 18.4 Å². The second-order valence-corrected chi connectivity index (χ2v) is 7.34. The molecule has 0 radical (unpaired) electrons. The Labute approximate surface area is 179 Å². The highest BCUT2D eigenvalue weighted by Gasteiger charge is 2.31. The first kappa shape index (κ1) is 22.7. The molecule has 0 bridgehead atoms. The predicted octanol–water partition coefficient (Wildman–Crippen LogP) is 4.41. The Morgan fingerprint density at radius 2 is 1.81 bits per heavy atom. The molecule has 2 aromatic carbocycles. The number of nitrogens with zero attached hydrogens (tertiary/aromatic N) is 3. The number of para-hydroxylation sites is 2. The molecule has 1 amide bonds. The summed E-state index contributed by atoms with van der Waals surface area (Å²) in [5.74, 6) is 0.500. The van der Waals surface area contributed by atoms with Gasteiger partial charge in [-0.05, 0) is 43.3 Å². The molecule has 1 N–H and O–H groups in total. The third kappa shape index (κ3) is 5.81. The highest BCUT2D eigenvalue weighted by molar-refractivity contribution is 5.88. The van der Waals surface area contributed by atoms with E-state index in [1.54, 1.807) is 30.3 Å². The molecular formula is C22H26F3N3O3. The van der Waals surface area contributed by atoms with E-state index in [1.165, 1.54) is 24.1 Å². The van der Waals surface area contributed by atoms with Gasteiger partial charge in [0.15, 0.2) is 0 Å². The van der Waals surface area contributed by atoms with Crippen molar-refractivity contribution in [2.24, 2.45) is 0 Å². The van der Waals surface area contributed by atoms with Gasteiger partial charge in [-0.15, -0.1) is 0 Å². The molecule has 1 saturated heterocycles. The van der Waals surface area contributed by atoms with Crippen LogP contribution in [0.1, 0.15) is 12.0 Å². The summed E-state index contributed by atoms with van der Waals surface area (Å²) in [5.41, 5.74) is 0.437. The van der Waals surface area contributed by atoms with Crippen molar-refractivity contribution in [3.63, 3.8) is 0 Å². The van der Waals surface area contributed by atoms with E-state index in [-0.39, 0.29) is 0 Å². The van der Waals surface area contributed by atoms with E-state index < -0.39 is 17.8 Å². The number of hydrogen-bond acceptors (Lipinski definition) is 4. The van der Waals surface area contributed by atoms with Crippen LogP contribution >= 0.6 is 0 Å². The molecule has 1 aliphatic heterocycles.